The zero-order chi connectivity index (χ0) is 17.6. The van der Waals surface area contributed by atoms with Crippen LogP contribution in [0, 0.1) is 0 Å². The highest BCUT2D eigenvalue weighted by molar-refractivity contribution is 6.04. The van der Waals surface area contributed by atoms with Crippen molar-refractivity contribution >= 4 is 11.6 Å². The van der Waals surface area contributed by atoms with E-state index in [0.717, 1.165) is 37.6 Å². The van der Waals surface area contributed by atoms with Crippen molar-refractivity contribution in [3.63, 3.8) is 0 Å². The van der Waals surface area contributed by atoms with Gasteiger partial charge in [-0.15, -0.1) is 0 Å². The fourth-order valence-corrected chi connectivity index (χ4v) is 3.02. The van der Waals surface area contributed by atoms with Gasteiger partial charge in [-0.25, -0.2) is 0 Å². The molecule has 1 saturated heterocycles. The lowest BCUT2D eigenvalue weighted by Crippen LogP contribution is -2.37. The van der Waals surface area contributed by atoms with Crippen LogP contribution >= 0.6 is 0 Å². The van der Waals surface area contributed by atoms with E-state index < -0.39 is 0 Å². The van der Waals surface area contributed by atoms with Crippen LogP contribution in [0.3, 0.4) is 0 Å². The first-order valence-corrected chi connectivity index (χ1v) is 8.69. The van der Waals surface area contributed by atoms with Gasteiger partial charge >= 0.3 is 0 Å². The number of nitrogens with zero attached hydrogens (tertiary/aromatic N) is 1. The number of hydrogen-bond donors (Lipinski definition) is 2. The monoisotopic (exact) mass is 339 g/mol. The largest absolute Gasteiger partial charge is 0.379 e. The number of rotatable bonds is 5. The maximum absolute atomic E-state index is 12.3. The third kappa shape index (κ3) is 4.45. The van der Waals surface area contributed by atoms with Gasteiger partial charge in [0.2, 0.25) is 0 Å². The summed E-state index contributed by atoms with van der Waals surface area (Å²) in [5, 5.41) is 2.94. The van der Waals surface area contributed by atoms with Crippen molar-refractivity contribution in [3.05, 3.63) is 65.2 Å². The third-order valence-electron chi connectivity index (χ3n) is 4.70. The molecule has 1 atom stereocenters. The van der Waals surface area contributed by atoms with Gasteiger partial charge in [-0.05, 0) is 42.3 Å². The summed E-state index contributed by atoms with van der Waals surface area (Å²) >= 11 is 0. The third-order valence-corrected chi connectivity index (χ3v) is 4.70. The number of ether oxygens (including phenoxy) is 1. The van der Waals surface area contributed by atoms with Crippen LogP contribution in [0.2, 0.25) is 0 Å². The zero-order valence-electron chi connectivity index (χ0n) is 14.6. The second kappa shape index (κ2) is 8.25. The van der Waals surface area contributed by atoms with Crippen molar-refractivity contribution in [2.75, 3.05) is 31.6 Å². The van der Waals surface area contributed by atoms with Gasteiger partial charge in [-0.2, -0.15) is 0 Å². The van der Waals surface area contributed by atoms with Crippen molar-refractivity contribution < 1.29 is 9.53 Å². The molecular formula is C20H25N3O2. The Labute approximate surface area is 148 Å². The Morgan fingerprint density at radius 2 is 1.76 bits per heavy atom. The Bertz CT molecular complexity index is 692. The number of anilines is 1. The van der Waals surface area contributed by atoms with Gasteiger partial charge in [0.25, 0.3) is 5.91 Å². The second-order valence-corrected chi connectivity index (χ2v) is 6.30. The molecule has 1 unspecified atom stereocenters. The molecule has 5 heteroatoms. The molecule has 1 amide bonds. The highest BCUT2D eigenvalue weighted by atomic mass is 16.5. The van der Waals surface area contributed by atoms with Crippen molar-refractivity contribution in [2.45, 2.75) is 19.5 Å². The first kappa shape index (κ1) is 17.6. The molecule has 1 fully saturated rings. The van der Waals surface area contributed by atoms with Gasteiger partial charge in [0.15, 0.2) is 0 Å². The fraction of sp³-hybridized carbons (Fsp3) is 0.350. The number of hydrogen-bond acceptors (Lipinski definition) is 4. The lowest BCUT2D eigenvalue weighted by atomic mass is 10.1. The standard InChI is InChI=1S/C20H25N3O2/c1-15(23-10-12-25-13-11-23)17-6-8-19(9-7-17)22-20(24)18-4-2-16(14-21)3-5-18/h2-9,15H,10-14,21H2,1H3,(H,22,24). The number of nitrogens with two attached hydrogens (primary N) is 1. The van der Waals surface area contributed by atoms with Crippen LogP contribution in [-0.2, 0) is 11.3 Å². The van der Waals surface area contributed by atoms with Crippen molar-refractivity contribution in [2.24, 2.45) is 5.73 Å². The summed E-state index contributed by atoms with van der Waals surface area (Å²) in [5.41, 5.74) is 9.26. The van der Waals surface area contributed by atoms with E-state index in [2.05, 4.69) is 29.3 Å². The topological polar surface area (TPSA) is 67.6 Å². The summed E-state index contributed by atoms with van der Waals surface area (Å²) < 4.78 is 5.41. The van der Waals surface area contributed by atoms with E-state index in [9.17, 15) is 4.79 Å². The van der Waals surface area contributed by atoms with Crippen LogP contribution in [0.5, 0.6) is 0 Å². The fourth-order valence-electron chi connectivity index (χ4n) is 3.02. The summed E-state index contributed by atoms with van der Waals surface area (Å²) in [5.74, 6) is -0.113. The molecule has 3 rings (SSSR count). The minimum Gasteiger partial charge on any atom is -0.379 e. The molecule has 0 saturated carbocycles. The van der Waals surface area contributed by atoms with Gasteiger partial charge in [-0.1, -0.05) is 24.3 Å². The summed E-state index contributed by atoms with van der Waals surface area (Å²) in [4.78, 5) is 14.7. The maximum Gasteiger partial charge on any atom is 0.255 e. The van der Waals surface area contributed by atoms with Crippen LogP contribution in [0.15, 0.2) is 48.5 Å². The molecular weight excluding hydrogens is 314 g/mol. The number of carbonyl (C=O) groups excluding carboxylic acids is 1. The van der Waals surface area contributed by atoms with Crippen LogP contribution in [0.25, 0.3) is 0 Å². The Morgan fingerprint density at radius 3 is 2.36 bits per heavy atom. The highest BCUT2D eigenvalue weighted by Crippen LogP contribution is 2.23. The van der Waals surface area contributed by atoms with E-state index in [1.807, 2.05) is 24.3 Å². The zero-order valence-corrected chi connectivity index (χ0v) is 14.6. The van der Waals surface area contributed by atoms with Crippen molar-refractivity contribution in [3.8, 4) is 0 Å². The highest BCUT2D eigenvalue weighted by Gasteiger charge is 2.18. The summed E-state index contributed by atoms with van der Waals surface area (Å²) in [6.07, 6.45) is 0. The van der Waals surface area contributed by atoms with Gasteiger partial charge in [0.05, 0.1) is 13.2 Å². The van der Waals surface area contributed by atoms with Gasteiger partial charge < -0.3 is 15.8 Å². The minimum absolute atomic E-state index is 0.113. The normalized spacial score (nSPS) is 16.4. The van der Waals surface area contributed by atoms with E-state index >= 15 is 0 Å². The van der Waals surface area contributed by atoms with E-state index in [1.165, 1.54) is 5.56 Å². The van der Waals surface area contributed by atoms with E-state index in [-0.39, 0.29) is 5.91 Å². The number of carbonyl (C=O) groups is 1. The first-order valence-electron chi connectivity index (χ1n) is 8.69. The number of amides is 1. The minimum atomic E-state index is -0.113. The quantitative estimate of drug-likeness (QED) is 0.879. The second-order valence-electron chi connectivity index (χ2n) is 6.30. The molecule has 1 aliphatic rings. The first-order chi connectivity index (χ1) is 12.2. The van der Waals surface area contributed by atoms with Gasteiger partial charge in [0, 0.05) is 36.9 Å². The predicted octanol–water partition coefficient (Wildman–Crippen LogP) is 2.79. The smallest absolute Gasteiger partial charge is 0.255 e. The molecule has 0 aromatic heterocycles. The predicted molar refractivity (Wildman–Crippen MR) is 99.5 cm³/mol. The Kier molecular flexibility index (Phi) is 5.81. The van der Waals surface area contributed by atoms with Gasteiger partial charge in [0.1, 0.15) is 0 Å². The molecule has 3 N–H and O–H groups in total. The van der Waals surface area contributed by atoms with E-state index in [1.54, 1.807) is 12.1 Å². The average molecular weight is 339 g/mol. The Morgan fingerprint density at radius 1 is 1.12 bits per heavy atom. The number of nitrogens with one attached hydrogen (secondary N) is 1. The molecule has 2 aromatic carbocycles. The number of morpholine rings is 1. The maximum atomic E-state index is 12.3. The molecule has 2 aromatic rings. The Balaban J connectivity index is 1.62. The molecule has 5 nitrogen and oxygen atoms in total. The Hall–Kier alpha value is -2.21. The summed E-state index contributed by atoms with van der Waals surface area (Å²) in [6.45, 7) is 6.18. The molecule has 1 aliphatic heterocycles. The molecule has 25 heavy (non-hydrogen) atoms. The molecule has 1 heterocycles. The molecule has 0 bridgehead atoms. The SMILES string of the molecule is CC(c1ccc(NC(=O)c2ccc(CN)cc2)cc1)N1CCOCC1. The average Bonchev–Trinajstić information content (AvgIpc) is 2.68. The van der Waals surface area contributed by atoms with E-state index in [4.69, 9.17) is 10.5 Å². The van der Waals surface area contributed by atoms with Crippen molar-refractivity contribution in [1.29, 1.82) is 0 Å². The van der Waals surface area contributed by atoms with E-state index in [0.29, 0.717) is 18.2 Å². The molecule has 0 radical (unpaired) electrons. The van der Waals surface area contributed by atoms with Crippen molar-refractivity contribution in [1.82, 2.24) is 4.90 Å². The molecule has 0 aliphatic carbocycles. The lowest BCUT2D eigenvalue weighted by Gasteiger charge is -2.32. The molecule has 0 spiro atoms. The molecule has 132 valence electrons. The summed E-state index contributed by atoms with van der Waals surface area (Å²) in [6, 6.07) is 15.8. The van der Waals surface area contributed by atoms with Crippen LogP contribution in [-0.4, -0.2) is 37.1 Å². The lowest BCUT2D eigenvalue weighted by molar-refractivity contribution is 0.0198. The van der Waals surface area contributed by atoms with Gasteiger partial charge in [-0.3, -0.25) is 9.69 Å². The number of benzene rings is 2. The summed E-state index contributed by atoms with van der Waals surface area (Å²) in [7, 11) is 0. The van der Waals surface area contributed by atoms with Crippen LogP contribution < -0.4 is 11.1 Å². The van der Waals surface area contributed by atoms with Crippen LogP contribution in [0.4, 0.5) is 5.69 Å². The van der Waals surface area contributed by atoms with Crippen LogP contribution in [0.1, 0.15) is 34.5 Å².